The van der Waals surface area contributed by atoms with Gasteiger partial charge in [-0.2, -0.15) is 5.90 Å². The van der Waals surface area contributed by atoms with Crippen LogP contribution in [0.5, 0.6) is 5.75 Å². The summed E-state index contributed by atoms with van der Waals surface area (Å²) < 4.78 is 4.79. The Morgan fingerprint density at radius 1 is 1.36 bits per heavy atom. The molecule has 0 spiro atoms. The van der Waals surface area contributed by atoms with E-state index in [0.717, 1.165) is 0 Å². The molecule has 0 unspecified atom stereocenters. The van der Waals surface area contributed by atoms with Crippen molar-refractivity contribution in [1.82, 2.24) is 0 Å². The number of halogens is 1. The average Bonchev–Trinajstić information content (AvgIpc) is 2.18. The zero-order valence-electron chi connectivity index (χ0n) is 7.73. The minimum Gasteiger partial charge on any atom is -0.462 e. The molecule has 0 fully saturated rings. The molecule has 78 valence electrons. The van der Waals surface area contributed by atoms with E-state index in [9.17, 15) is 4.79 Å². The van der Waals surface area contributed by atoms with E-state index in [1.807, 2.05) is 0 Å². The van der Waals surface area contributed by atoms with Crippen molar-refractivity contribution in [2.45, 2.75) is 6.92 Å². The minimum absolute atomic E-state index is 0. The van der Waals surface area contributed by atoms with Gasteiger partial charge in [0, 0.05) is 0 Å². The van der Waals surface area contributed by atoms with Crippen molar-refractivity contribution < 1.29 is 14.4 Å². The van der Waals surface area contributed by atoms with Crippen LogP contribution in [0.3, 0.4) is 0 Å². The molecule has 0 heterocycles. The Morgan fingerprint density at radius 3 is 2.36 bits per heavy atom. The van der Waals surface area contributed by atoms with Crippen molar-refractivity contribution >= 4 is 18.4 Å². The SMILES string of the molecule is CCOC(=O)c1ccc(ON)cc1.Cl. The highest BCUT2D eigenvalue weighted by Crippen LogP contribution is 2.11. The normalized spacial score (nSPS) is 8.71. The van der Waals surface area contributed by atoms with Gasteiger partial charge in [0.15, 0.2) is 0 Å². The molecule has 5 heteroatoms. The van der Waals surface area contributed by atoms with Crippen LogP contribution >= 0.6 is 12.4 Å². The lowest BCUT2D eigenvalue weighted by molar-refractivity contribution is 0.0526. The molecule has 14 heavy (non-hydrogen) atoms. The first-order valence-corrected chi connectivity index (χ1v) is 3.92. The maximum Gasteiger partial charge on any atom is 0.338 e. The molecule has 0 aliphatic carbocycles. The van der Waals surface area contributed by atoms with Gasteiger partial charge in [-0.1, -0.05) is 0 Å². The predicted molar refractivity (Wildman–Crippen MR) is 54.5 cm³/mol. The molecule has 0 radical (unpaired) electrons. The van der Waals surface area contributed by atoms with Crippen molar-refractivity contribution in [3.05, 3.63) is 29.8 Å². The van der Waals surface area contributed by atoms with E-state index in [2.05, 4.69) is 4.84 Å². The number of carbonyl (C=O) groups is 1. The van der Waals surface area contributed by atoms with E-state index >= 15 is 0 Å². The third kappa shape index (κ3) is 3.24. The standard InChI is InChI=1S/C9H11NO3.ClH/c1-2-12-9(11)7-3-5-8(13-10)6-4-7;/h3-6H,2,10H2,1H3;1H. The van der Waals surface area contributed by atoms with E-state index in [4.69, 9.17) is 10.6 Å². The molecular formula is C9H12ClNO3. The van der Waals surface area contributed by atoms with E-state index in [1.165, 1.54) is 0 Å². The summed E-state index contributed by atoms with van der Waals surface area (Å²) in [5.74, 6) is 5.08. The zero-order chi connectivity index (χ0) is 9.68. The Morgan fingerprint density at radius 2 is 1.93 bits per heavy atom. The number of esters is 1. The molecular weight excluding hydrogens is 206 g/mol. The third-order valence-corrected chi connectivity index (χ3v) is 1.50. The molecule has 1 rings (SSSR count). The van der Waals surface area contributed by atoms with Gasteiger partial charge in [-0.25, -0.2) is 4.79 Å². The molecule has 0 saturated carbocycles. The third-order valence-electron chi connectivity index (χ3n) is 1.50. The predicted octanol–water partition coefficient (Wildman–Crippen LogP) is 1.54. The summed E-state index contributed by atoms with van der Waals surface area (Å²) in [6.07, 6.45) is 0. The number of ether oxygens (including phenoxy) is 1. The number of hydrogen-bond donors (Lipinski definition) is 1. The van der Waals surface area contributed by atoms with Crippen molar-refractivity contribution in [2.75, 3.05) is 6.61 Å². The van der Waals surface area contributed by atoms with E-state index < -0.39 is 0 Å². The van der Waals surface area contributed by atoms with Crippen LogP contribution in [0.4, 0.5) is 0 Å². The fourth-order valence-electron chi connectivity index (χ4n) is 0.884. The highest BCUT2D eigenvalue weighted by atomic mass is 35.5. The quantitative estimate of drug-likeness (QED) is 0.616. The van der Waals surface area contributed by atoms with Gasteiger partial charge in [0.1, 0.15) is 5.75 Å². The highest BCUT2D eigenvalue weighted by Gasteiger charge is 2.04. The van der Waals surface area contributed by atoms with Crippen LogP contribution in [0.25, 0.3) is 0 Å². The Bertz CT molecular complexity index is 287. The number of benzene rings is 1. The average molecular weight is 218 g/mol. The van der Waals surface area contributed by atoms with Crippen LogP contribution in [-0.2, 0) is 4.74 Å². The van der Waals surface area contributed by atoms with Gasteiger partial charge in [-0.05, 0) is 31.2 Å². The van der Waals surface area contributed by atoms with Crippen LogP contribution in [0.1, 0.15) is 17.3 Å². The molecule has 0 atom stereocenters. The first-order valence-electron chi connectivity index (χ1n) is 3.92. The lowest BCUT2D eigenvalue weighted by atomic mass is 10.2. The summed E-state index contributed by atoms with van der Waals surface area (Å²) in [5.41, 5.74) is 0.489. The van der Waals surface area contributed by atoms with E-state index in [-0.39, 0.29) is 18.4 Å². The molecule has 1 aromatic rings. The molecule has 0 bridgehead atoms. The van der Waals surface area contributed by atoms with Gasteiger partial charge in [0.05, 0.1) is 12.2 Å². The fourth-order valence-corrected chi connectivity index (χ4v) is 0.884. The van der Waals surface area contributed by atoms with Gasteiger partial charge < -0.3 is 9.57 Å². The summed E-state index contributed by atoms with van der Waals surface area (Å²) in [5, 5.41) is 0. The summed E-state index contributed by atoms with van der Waals surface area (Å²) >= 11 is 0. The van der Waals surface area contributed by atoms with Gasteiger partial charge in [-0.15, -0.1) is 12.4 Å². The van der Waals surface area contributed by atoms with Gasteiger partial charge in [-0.3, -0.25) is 0 Å². The van der Waals surface area contributed by atoms with Crippen molar-refractivity contribution in [2.24, 2.45) is 5.90 Å². The summed E-state index contributed by atoms with van der Waals surface area (Å²) in [6, 6.07) is 6.40. The lowest BCUT2D eigenvalue weighted by Crippen LogP contribution is -2.05. The number of rotatable bonds is 3. The Balaban J connectivity index is 0.00000169. The molecule has 2 N–H and O–H groups in total. The summed E-state index contributed by atoms with van der Waals surface area (Å²) in [7, 11) is 0. The Labute approximate surface area is 88.4 Å². The topological polar surface area (TPSA) is 61.5 Å². The Hall–Kier alpha value is -1.26. The molecule has 0 amide bonds. The summed E-state index contributed by atoms with van der Waals surface area (Å²) in [6.45, 7) is 2.13. The largest absolute Gasteiger partial charge is 0.462 e. The van der Waals surface area contributed by atoms with Crippen LogP contribution < -0.4 is 10.7 Å². The van der Waals surface area contributed by atoms with E-state index in [1.54, 1.807) is 31.2 Å². The monoisotopic (exact) mass is 217 g/mol. The second-order valence-electron chi connectivity index (χ2n) is 2.36. The van der Waals surface area contributed by atoms with Crippen molar-refractivity contribution in [3.8, 4) is 5.75 Å². The molecule has 0 saturated heterocycles. The maximum atomic E-state index is 11.2. The first kappa shape index (κ1) is 12.7. The number of carbonyl (C=O) groups excluding carboxylic acids is 1. The lowest BCUT2D eigenvalue weighted by Gasteiger charge is -2.02. The van der Waals surface area contributed by atoms with Crippen LogP contribution in [0.15, 0.2) is 24.3 Å². The molecule has 0 aliphatic rings. The van der Waals surface area contributed by atoms with Crippen molar-refractivity contribution in [3.63, 3.8) is 0 Å². The van der Waals surface area contributed by atoms with Crippen LogP contribution in [0, 0.1) is 0 Å². The molecule has 4 nitrogen and oxygen atoms in total. The Kier molecular flexibility index (Phi) is 5.67. The van der Waals surface area contributed by atoms with E-state index in [0.29, 0.717) is 17.9 Å². The zero-order valence-corrected chi connectivity index (χ0v) is 8.54. The van der Waals surface area contributed by atoms with Gasteiger partial charge >= 0.3 is 5.97 Å². The van der Waals surface area contributed by atoms with Crippen LogP contribution in [-0.4, -0.2) is 12.6 Å². The molecule has 0 aliphatic heterocycles. The van der Waals surface area contributed by atoms with Crippen LogP contribution in [0.2, 0.25) is 0 Å². The second kappa shape index (κ2) is 6.23. The second-order valence-corrected chi connectivity index (χ2v) is 2.36. The number of hydrogen-bond acceptors (Lipinski definition) is 4. The molecule has 0 aromatic heterocycles. The minimum atomic E-state index is -0.342. The fraction of sp³-hybridized carbons (Fsp3) is 0.222. The molecule has 1 aromatic carbocycles. The summed E-state index contributed by atoms with van der Waals surface area (Å²) in [4.78, 5) is 15.6. The smallest absolute Gasteiger partial charge is 0.338 e. The maximum absolute atomic E-state index is 11.2. The van der Waals surface area contributed by atoms with Gasteiger partial charge in [0.2, 0.25) is 0 Å². The first-order chi connectivity index (χ1) is 6.27. The van der Waals surface area contributed by atoms with Crippen molar-refractivity contribution in [1.29, 1.82) is 0 Å². The van der Waals surface area contributed by atoms with Gasteiger partial charge in [0.25, 0.3) is 0 Å². The number of nitrogens with two attached hydrogens (primary N) is 1. The highest BCUT2D eigenvalue weighted by molar-refractivity contribution is 5.89.